The Bertz CT molecular complexity index is 852. The number of nitrogens with one attached hydrogen (secondary N) is 1. The maximum absolute atomic E-state index is 12.8. The molecule has 2 heterocycles. The second kappa shape index (κ2) is 8.95. The zero-order chi connectivity index (χ0) is 21.0. The lowest BCUT2D eigenvalue weighted by Gasteiger charge is -2.21. The Morgan fingerprint density at radius 3 is 2.29 bits per heavy atom. The van der Waals surface area contributed by atoms with Crippen LogP contribution in [0, 0.1) is 27.7 Å². The fourth-order valence-corrected chi connectivity index (χ4v) is 3.11. The summed E-state index contributed by atoms with van der Waals surface area (Å²) in [6.07, 6.45) is 0.186. The molecule has 0 atom stereocenters. The summed E-state index contributed by atoms with van der Waals surface area (Å²) in [7, 11) is 0. The number of amides is 2. The summed E-state index contributed by atoms with van der Waals surface area (Å²) < 4.78 is 1.68. The lowest BCUT2D eigenvalue weighted by Crippen LogP contribution is -2.43. The predicted molar refractivity (Wildman–Crippen MR) is 107 cm³/mol. The van der Waals surface area contributed by atoms with Gasteiger partial charge in [-0.25, -0.2) is 14.6 Å². The number of hydrogen-bond acceptors (Lipinski definition) is 5. The van der Waals surface area contributed by atoms with E-state index in [-0.39, 0.29) is 30.8 Å². The molecule has 0 fully saturated rings. The van der Waals surface area contributed by atoms with Crippen LogP contribution in [0.25, 0.3) is 5.95 Å². The Labute approximate surface area is 166 Å². The summed E-state index contributed by atoms with van der Waals surface area (Å²) >= 11 is 0. The van der Waals surface area contributed by atoms with Gasteiger partial charge in [0.1, 0.15) is 0 Å². The van der Waals surface area contributed by atoms with E-state index in [1.54, 1.807) is 9.58 Å². The van der Waals surface area contributed by atoms with E-state index in [1.165, 1.54) is 0 Å². The Morgan fingerprint density at radius 2 is 1.75 bits per heavy atom. The monoisotopic (exact) mass is 386 g/mol. The molecule has 2 amide bonds. The molecule has 0 saturated carbocycles. The van der Waals surface area contributed by atoms with Crippen molar-refractivity contribution >= 4 is 11.8 Å². The zero-order valence-corrected chi connectivity index (χ0v) is 17.8. The number of carbonyl (C=O) groups excluding carboxylic acids is 2. The first-order valence-electron chi connectivity index (χ1n) is 9.57. The highest BCUT2D eigenvalue weighted by Gasteiger charge is 2.21. The lowest BCUT2D eigenvalue weighted by atomic mass is 10.1. The van der Waals surface area contributed by atoms with Gasteiger partial charge in [0.2, 0.25) is 11.8 Å². The number of aryl methyl sites for hydroxylation is 3. The third kappa shape index (κ3) is 5.15. The van der Waals surface area contributed by atoms with Gasteiger partial charge in [0, 0.05) is 35.2 Å². The third-order valence-electron chi connectivity index (χ3n) is 4.45. The van der Waals surface area contributed by atoms with Crippen LogP contribution in [0.1, 0.15) is 49.1 Å². The Hall–Kier alpha value is -2.77. The van der Waals surface area contributed by atoms with Crippen molar-refractivity contribution in [2.75, 3.05) is 13.1 Å². The topological polar surface area (TPSA) is 93.0 Å². The molecule has 28 heavy (non-hydrogen) atoms. The first-order chi connectivity index (χ1) is 13.1. The van der Waals surface area contributed by atoms with Crippen LogP contribution in [0.15, 0.2) is 6.07 Å². The van der Waals surface area contributed by atoms with Gasteiger partial charge in [0.25, 0.3) is 5.95 Å². The highest BCUT2D eigenvalue weighted by molar-refractivity contribution is 5.86. The fraction of sp³-hybridized carbons (Fsp3) is 0.550. The summed E-state index contributed by atoms with van der Waals surface area (Å²) in [6, 6.07) is 1.95. The van der Waals surface area contributed by atoms with Crippen LogP contribution in [0.4, 0.5) is 0 Å². The molecule has 0 saturated heterocycles. The molecule has 0 aliphatic heterocycles. The normalized spacial score (nSPS) is 11.0. The molecular formula is C20H30N6O2. The quantitative estimate of drug-likeness (QED) is 0.783. The molecule has 0 spiro atoms. The largest absolute Gasteiger partial charge is 0.352 e. The molecule has 152 valence electrons. The molecule has 0 aromatic carbocycles. The highest BCUT2D eigenvalue weighted by atomic mass is 16.2. The minimum Gasteiger partial charge on any atom is -0.352 e. The number of likely N-dealkylation sites (N-methyl/N-ethyl adjacent to an activating group) is 1. The van der Waals surface area contributed by atoms with Crippen molar-refractivity contribution in [2.45, 2.75) is 60.9 Å². The van der Waals surface area contributed by atoms with E-state index in [1.807, 2.05) is 54.5 Å². The van der Waals surface area contributed by atoms with Gasteiger partial charge in [0.15, 0.2) is 0 Å². The van der Waals surface area contributed by atoms with Crippen LogP contribution in [0.3, 0.4) is 0 Å². The van der Waals surface area contributed by atoms with Crippen molar-refractivity contribution in [1.29, 1.82) is 0 Å². The highest BCUT2D eigenvalue weighted by Crippen LogP contribution is 2.18. The Morgan fingerprint density at radius 1 is 1.14 bits per heavy atom. The first-order valence-corrected chi connectivity index (χ1v) is 9.57. The number of hydrogen-bond donors (Lipinski definition) is 1. The van der Waals surface area contributed by atoms with Crippen molar-refractivity contribution < 1.29 is 9.59 Å². The Kier molecular flexibility index (Phi) is 6.88. The summed E-state index contributed by atoms with van der Waals surface area (Å²) in [4.78, 5) is 35.3. The summed E-state index contributed by atoms with van der Waals surface area (Å²) in [5, 5.41) is 7.36. The number of rotatable bonds is 7. The maximum Gasteiger partial charge on any atom is 0.251 e. The molecule has 2 aromatic rings. The average Bonchev–Trinajstić information content (AvgIpc) is 2.86. The second-order valence-electron chi connectivity index (χ2n) is 7.32. The van der Waals surface area contributed by atoms with Crippen molar-refractivity contribution in [1.82, 2.24) is 30.0 Å². The molecule has 0 aliphatic rings. The van der Waals surface area contributed by atoms with Crippen LogP contribution < -0.4 is 5.32 Å². The van der Waals surface area contributed by atoms with Crippen LogP contribution in [-0.4, -0.2) is 55.6 Å². The lowest BCUT2D eigenvalue weighted by molar-refractivity contribution is -0.135. The summed E-state index contributed by atoms with van der Waals surface area (Å²) in [5.74, 6) is 0.243. The van der Waals surface area contributed by atoms with Crippen LogP contribution >= 0.6 is 0 Å². The standard InChI is InChI=1S/C20H30N6O2/c1-8-25(11-18(27)21-12(2)3)19(28)10-17-15(6)24-26(16(17)7)20-22-13(4)9-14(5)23-20/h9,12H,8,10-11H2,1-7H3,(H,21,27). The van der Waals surface area contributed by atoms with Gasteiger partial charge in [0.05, 0.1) is 18.7 Å². The molecule has 0 unspecified atom stereocenters. The van der Waals surface area contributed by atoms with Crippen molar-refractivity contribution in [3.8, 4) is 5.95 Å². The summed E-state index contributed by atoms with van der Waals surface area (Å²) in [6.45, 7) is 13.8. The number of aromatic nitrogens is 4. The second-order valence-corrected chi connectivity index (χ2v) is 7.32. The molecule has 8 nitrogen and oxygen atoms in total. The fourth-order valence-electron chi connectivity index (χ4n) is 3.11. The molecule has 2 aromatic heterocycles. The SMILES string of the molecule is CCN(CC(=O)NC(C)C)C(=O)Cc1c(C)nn(-c2nc(C)cc(C)n2)c1C. The van der Waals surface area contributed by atoms with Crippen molar-refractivity contribution in [2.24, 2.45) is 0 Å². The van der Waals surface area contributed by atoms with Gasteiger partial charge in [-0.1, -0.05) is 0 Å². The van der Waals surface area contributed by atoms with Crippen LogP contribution in [-0.2, 0) is 16.0 Å². The van der Waals surface area contributed by atoms with Gasteiger partial charge >= 0.3 is 0 Å². The summed E-state index contributed by atoms with van der Waals surface area (Å²) in [5.41, 5.74) is 4.16. The first kappa shape index (κ1) is 21.5. The van der Waals surface area contributed by atoms with Crippen LogP contribution in [0.2, 0.25) is 0 Å². The van der Waals surface area contributed by atoms with Gasteiger partial charge in [-0.05, 0) is 54.5 Å². The van der Waals surface area contributed by atoms with Gasteiger partial charge in [-0.15, -0.1) is 0 Å². The molecule has 8 heteroatoms. The molecule has 1 N–H and O–H groups in total. The number of nitrogens with zero attached hydrogens (tertiary/aromatic N) is 5. The molecule has 0 bridgehead atoms. The maximum atomic E-state index is 12.8. The van der Waals surface area contributed by atoms with Crippen LogP contribution in [0.5, 0.6) is 0 Å². The minimum atomic E-state index is -0.155. The number of carbonyl (C=O) groups is 2. The molecule has 0 aliphatic carbocycles. The van der Waals surface area contributed by atoms with E-state index in [2.05, 4.69) is 20.4 Å². The van der Waals surface area contributed by atoms with Gasteiger partial charge in [-0.2, -0.15) is 5.10 Å². The van der Waals surface area contributed by atoms with E-state index >= 15 is 0 Å². The predicted octanol–water partition coefficient (Wildman–Crippen LogP) is 1.81. The third-order valence-corrected chi connectivity index (χ3v) is 4.45. The zero-order valence-electron chi connectivity index (χ0n) is 17.8. The van der Waals surface area contributed by atoms with E-state index in [0.717, 1.165) is 28.3 Å². The minimum absolute atomic E-state index is 0.0433. The molecule has 2 rings (SSSR count). The van der Waals surface area contributed by atoms with Gasteiger partial charge < -0.3 is 10.2 Å². The average molecular weight is 387 g/mol. The molecule has 0 radical (unpaired) electrons. The van der Waals surface area contributed by atoms with E-state index < -0.39 is 0 Å². The molecular weight excluding hydrogens is 356 g/mol. The van der Waals surface area contributed by atoms with Crippen molar-refractivity contribution in [3.05, 3.63) is 34.4 Å². The van der Waals surface area contributed by atoms with E-state index in [4.69, 9.17) is 0 Å². The van der Waals surface area contributed by atoms with Crippen molar-refractivity contribution in [3.63, 3.8) is 0 Å². The van der Waals surface area contributed by atoms with E-state index in [9.17, 15) is 9.59 Å². The Balaban J connectivity index is 2.22. The smallest absolute Gasteiger partial charge is 0.251 e. The van der Waals surface area contributed by atoms with E-state index in [0.29, 0.717) is 12.5 Å². The van der Waals surface area contributed by atoms with Gasteiger partial charge in [-0.3, -0.25) is 9.59 Å².